The molecule has 122 valence electrons. The lowest BCUT2D eigenvalue weighted by Crippen LogP contribution is -2.48. The van der Waals surface area contributed by atoms with E-state index >= 15 is 0 Å². The number of amides is 1. The molecule has 2 saturated heterocycles. The van der Waals surface area contributed by atoms with E-state index in [-0.39, 0.29) is 17.9 Å². The molecule has 2 atom stereocenters. The number of nitrogens with zero attached hydrogens (tertiary/aromatic N) is 1. The zero-order valence-electron chi connectivity index (χ0n) is 13.2. The highest BCUT2D eigenvalue weighted by Crippen LogP contribution is 2.18. The topological polar surface area (TPSA) is 61.8 Å². The fraction of sp³-hybridized carbons (Fsp3) is 0.938. The highest BCUT2D eigenvalue weighted by molar-refractivity contribution is 5.81. The summed E-state index contributed by atoms with van der Waals surface area (Å²) >= 11 is 0. The van der Waals surface area contributed by atoms with Gasteiger partial charge in [-0.05, 0) is 51.6 Å². The maximum atomic E-state index is 12.3. The van der Waals surface area contributed by atoms with Gasteiger partial charge in [0, 0.05) is 19.8 Å². The smallest absolute Gasteiger partial charge is 0.237 e. The van der Waals surface area contributed by atoms with Gasteiger partial charge in [-0.15, -0.1) is 0 Å². The van der Waals surface area contributed by atoms with Crippen LogP contribution >= 0.6 is 0 Å². The van der Waals surface area contributed by atoms with Crippen LogP contribution in [0.5, 0.6) is 0 Å². The van der Waals surface area contributed by atoms with E-state index in [1.807, 2.05) is 6.92 Å². The molecule has 5 heteroatoms. The third kappa shape index (κ3) is 5.24. The standard InChI is InChI=1S/C16H30N2O3/c1-13(18-8-4-2-3-5-9-18)16(20)17-12-15(19)14-6-10-21-11-7-14/h13-15,19H,2-12H2,1H3,(H,17,20)/t13-,15+/m1/s1. The normalized spacial score (nSPS) is 25.0. The summed E-state index contributed by atoms with van der Waals surface area (Å²) in [5, 5.41) is 13.1. The average molecular weight is 298 g/mol. The maximum Gasteiger partial charge on any atom is 0.237 e. The Balaban J connectivity index is 1.72. The number of likely N-dealkylation sites (tertiary alicyclic amines) is 1. The van der Waals surface area contributed by atoms with Crippen LogP contribution in [0.15, 0.2) is 0 Å². The molecule has 2 fully saturated rings. The van der Waals surface area contributed by atoms with Crippen LogP contribution in [0.1, 0.15) is 45.4 Å². The Labute approximate surface area is 128 Å². The Morgan fingerprint density at radius 2 is 1.86 bits per heavy atom. The first-order valence-corrected chi connectivity index (χ1v) is 8.46. The second-order valence-corrected chi connectivity index (χ2v) is 6.39. The molecule has 2 heterocycles. The van der Waals surface area contributed by atoms with E-state index in [2.05, 4.69) is 10.2 Å². The first-order valence-electron chi connectivity index (χ1n) is 8.46. The van der Waals surface area contributed by atoms with Crippen LogP contribution in [-0.4, -0.2) is 60.9 Å². The predicted octanol–water partition coefficient (Wildman–Crippen LogP) is 1.15. The average Bonchev–Trinajstić information content (AvgIpc) is 2.81. The van der Waals surface area contributed by atoms with Crippen molar-refractivity contribution < 1.29 is 14.6 Å². The molecule has 1 amide bonds. The van der Waals surface area contributed by atoms with E-state index in [0.29, 0.717) is 6.54 Å². The summed E-state index contributed by atoms with van der Waals surface area (Å²) in [6, 6.07) is -0.0926. The van der Waals surface area contributed by atoms with Crippen molar-refractivity contribution in [1.29, 1.82) is 0 Å². The Kier molecular flexibility index (Phi) is 6.93. The second-order valence-electron chi connectivity index (χ2n) is 6.39. The predicted molar refractivity (Wildman–Crippen MR) is 82.1 cm³/mol. The van der Waals surface area contributed by atoms with Crippen molar-refractivity contribution in [1.82, 2.24) is 10.2 Å². The largest absolute Gasteiger partial charge is 0.391 e. The minimum absolute atomic E-state index is 0.0445. The molecule has 21 heavy (non-hydrogen) atoms. The van der Waals surface area contributed by atoms with Crippen molar-refractivity contribution in [3.63, 3.8) is 0 Å². The molecule has 0 spiro atoms. The van der Waals surface area contributed by atoms with Crippen LogP contribution in [-0.2, 0) is 9.53 Å². The van der Waals surface area contributed by atoms with E-state index in [0.717, 1.165) is 39.1 Å². The molecule has 0 aromatic carbocycles. The van der Waals surface area contributed by atoms with Crippen LogP contribution in [0.25, 0.3) is 0 Å². The van der Waals surface area contributed by atoms with Crippen LogP contribution in [0, 0.1) is 5.92 Å². The summed E-state index contributed by atoms with van der Waals surface area (Å²) in [6.45, 7) is 5.80. The minimum Gasteiger partial charge on any atom is -0.391 e. The number of hydrogen-bond donors (Lipinski definition) is 2. The Hall–Kier alpha value is -0.650. The number of ether oxygens (including phenoxy) is 1. The van der Waals surface area contributed by atoms with Crippen LogP contribution in [0.3, 0.4) is 0 Å². The van der Waals surface area contributed by atoms with Gasteiger partial charge in [0.25, 0.3) is 0 Å². The zero-order valence-corrected chi connectivity index (χ0v) is 13.2. The molecule has 2 aliphatic heterocycles. The molecule has 2 rings (SSSR count). The van der Waals surface area contributed by atoms with Crippen molar-refractivity contribution in [2.45, 2.75) is 57.6 Å². The SMILES string of the molecule is C[C@H](C(=O)NC[C@H](O)C1CCOCC1)N1CCCCCC1. The van der Waals surface area contributed by atoms with E-state index in [4.69, 9.17) is 4.74 Å². The third-order valence-electron chi connectivity index (χ3n) is 4.86. The highest BCUT2D eigenvalue weighted by atomic mass is 16.5. The van der Waals surface area contributed by atoms with Gasteiger partial charge in [-0.25, -0.2) is 0 Å². The van der Waals surface area contributed by atoms with Gasteiger partial charge in [-0.3, -0.25) is 9.69 Å². The summed E-state index contributed by atoms with van der Waals surface area (Å²) in [7, 11) is 0. The van der Waals surface area contributed by atoms with Gasteiger partial charge < -0.3 is 15.2 Å². The highest BCUT2D eigenvalue weighted by Gasteiger charge is 2.25. The lowest BCUT2D eigenvalue weighted by molar-refractivity contribution is -0.126. The fourth-order valence-corrected chi connectivity index (χ4v) is 3.27. The summed E-state index contributed by atoms with van der Waals surface area (Å²) in [6.07, 6.45) is 6.23. The summed E-state index contributed by atoms with van der Waals surface area (Å²) in [4.78, 5) is 14.5. The molecule has 5 nitrogen and oxygen atoms in total. The van der Waals surface area contributed by atoms with Crippen LogP contribution < -0.4 is 5.32 Å². The van der Waals surface area contributed by atoms with Crippen molar-refractivity contribution in [2.75, 3.05) is 32.8 Å². The number of aliphatic hydroxyl groups is 1. The number of carbonyl (C=O) groups excluding carboxylic acids is 1. The lowest BCUT2D eigenvalue weighted by Gasteiger charge is -2.29. The van der Waals surface area contributed by atoms with Gasteiger partial charge in [0.1, 0.15) is 0 Å². The Morgan fingerprint density at radius 1 is 1.24 bits per heavy atom. The van der Waals surface area contributed by atoms with Gasteiger partial charge in [0.05, 0.1) is 12.1 Å². The van der Waals surface area contributed by atoms with E-state index < -0.39 is 6.10 Å². The molecule has 2 aliphatic rings. The first kappa shape index (κ1) is 16.7. The van der Waals surface area contributed by atoms with Gasteiger partial charge in [0.2, 0.25) is 5.91 Å². The van der Waals surface area contributed by atoms with Gasteiger partial charge in [0.15, 0.2) is 0 Å². The molecule has 2 N–H and O–H groups in total. The summed E-state index contributed by atoms with van der Waals surface area (Å²) in [5.41, 5.74) is 0. The van der Waals surface area contributed by atoms with E-state index in [9.17, 15) is 9.90 Å². The quantitative estimate of drug-likeness (QED) is 0.799. The molecule has 0 aromatic rings. The Bertz CT molecular complexity index is 311. The van der Waals surface area contributed by atoms with E-state index in [1.54, 1.807) is 0 Å². The lowest BCUT2D eigenvalue weighted by atomic mass is 9.94. The Morgan fingerprint density at radius 3 is 2.48 bits per heavy atom. The van der Waals surface area contributed by atoms with Crippen molar-refractivity contribution >= 4 is 5.91 Å². The van der Waals surface area contributed by atoms with Crippen molar-refractivity contribution in [3.05, 3.63) is 0 Å². The first-order chi connectivity index (χ1) is 10.2. The van der Waals surface area contributed by atoms with Crippen molar-refractivity contribution in [3.8, 4) is 0 Å². The molecule has 0 aromatic heterocycles. The maximum absolute atomic E-state index is 12.3. The molecule has 0 saturated carbocycles. The van der Waals surface area contributed by atoms with Gasteiger partial charge in [-0.2, -0.15) is 0 Å². The van der Waals surface area contributed by atoms with Crippen LogP contribution in [0.4, 0.5) is 0 Å². The molecule has 0 unspecified atom stereocenters. The number of hydrogen-bond acceptors (Lipinski definition) is 4. The molecule has 0 bridgehead atoms. The van der Waals surface area contributed by atoms with E-state index in [1.165, 1.54) is 25.7 Å². The van der Waals surface area contributed by atoms with Crippen molar-refractivity contribution in [2.24, 2.45) is 5.92 Å². The molecule has 0 radical (unpaired) electrons. The minimum atomic E-state index is -0.450. The zero-order chi connectivity index (χ0) is 15.1. The summed E-state index contributed by atoms with van der Waals surface area (Å²) < 4.78 is 5.30. The molecule has 0 aliphatic carbocycles. The number of carbonyl (C=O) groups is 1. The monoisotopic (exact) mass is 298 g/mol. The number of aliphatic hydroxyl groups excluding tert-OH is 1. The number of nitrogens with one attached hydrogen (secondary N) is 1. The number of rotatable bonds is 5. The third-order valence-corrected chi connectivity index (χ3v) is 4.86. The van der Waals surface area contributed by atoms with Gasteiger partial charge >= 0.3 is 0 Å². The van der Waals surface area contributed by atoms with Gasteiger partial charge in [-0.1, -0.05) is 12.8 Å². The molecular weight excluding hydrogens is 268 g/mol. The van der Waals surface area contributed by atoms with Crippen LogP contribution in [0.2, 0.25) is 0 Å². The second kappa shape index (κ2) is 8.71. The summed E-state index contributed by atoms with van der Waals surface area (Å²) in [5.74, 6) is 0.301. The fourth-order valence-electron chi connectivity index (χ4n) is 3.27. The molecular formula is C16H30N2O3.